The second-order valence-electron chi connectivity index (χ2n) is 9.62. The maximum Gasteiger partial charge on any atom is 0.243 e. The number of benzene rings is 2. The minimum absolute atomic E-state index is 0.107. The van der Waals surface area contributed by atoms with E-state index in [1.54, 1.807) is 74.6 Å². The summed E-state index contributed by atoms with van der Waals surface area (Å²) < 4.78 is 28.7. The lowest BCUT2D eigenvalue weighted by atomic mass is 9.90. The molecule has 194 valence electrons. The summed E-state index contributed by atoms with van der Waals surface area (Å²) in [5, 5.41) is 0. The van der Waals surface area contributed by atoms with Crippen molar-refractivity contribution in [3.05, 3.63) is 84.2 Å². The molecule has 0 bridgehead atoms. The number of anilines is 2. The van der Waals surface area contributed by atoms with Crippen molar-refractivity contribution in [1.29, 1.82) is 0 Å². The normalized spacial score (nSPS) is 15.6. The molecule has 0 spiro atoms. The Hall–Kier alpha value is -3.56. The number of aromatic nitrogens is 1. The summed E-state index contributed by atoms with van der Waals surface area (Å²) >= 11 is 0. The number of hydrogen-bond acceptors (Lipinski definition) is 5. The van der Waals surface area contributed by atoms with Gasteiger partial charge >= 0.3 is 0 Å². The molecule has 0 saturated heterocycles. The van der Waals surface area contributed by atoms with E-state index in [2.05, 4.69) is 4.98 Å². The molecule has 8 nitrogen and oxygen atoms in total. The SMILES string of the molecule is CCN1C(=O)C(C)(C)C(=O)N(C)c2cc(CN(CCc3cccnc3)S(=O)(=O)c3ccccc3)ccc21. The van der Waals surface area contributed by atoms with E-state index in [1.165, 1.54) is 9.21 Å². The van der Waals surface area contributed by atoms with Gasteiger partial charge in [-0.3, -0.25) is 14.6 Å². The van der Waals surface area contributed by atoms with E-state index in [0.29, 0.717) is 29.9 Å². The fourth-order valence-corrected chi connectivity index (χ4v) is 6.02. The molecule has 2 amide bonds. The van der Waals surface area contributed by atoms with E-state index in [-0.39, 0.29) is 29.8 Å². The second-order valence-corrected chi connectivity index (χ2v) is 11.6. The molecule has 1 aliphatic heterocycles. The summed E-state index contributed by atoms with van der Waals surface area (Å²) in [4.78, 5) is 33.8. The molecule has 0 aliphatic carbocycles. The van der Waals surface area contributed by atoms with E-state index in [9.17, 15) is 18.0 Å². The van der Waals surface area contributed by atoms with Gasteiger partial charge in [-0.25, -0.2) is 8.42 Å². The first-order valence-electron chi connectivity index (χ1n) is 12.2. The highest BCUT2D eigenvalue weighted by atomic mass is 32.2. The predicted molar refractivity (Wildman–Crippen MR) is 144 cm³/mol. The lowest BCUT2D eigenvalue weighted by Crippen LogP contribution is -2.47. The Bertz CT molecular complexity index is 1390. The molecule has 2 aromatic carbocycles. The van der Waals surface area contributed by atoms with Crippen molar-refractivity contribution in [3.63, 3.8) is 0 Å². The molecule has 0 N–H and O–H groups in total. The van der Waals surface area contributed by atoms with Crippen LogP contribution < -0.4 is 9.80 Å². The third kappa shape index (κ3) is 5.14. The molecular formula is C28H32N4O4S. The summed E-state index contributed by atoms with van der Waals surface area (Å²) in [6.45, 7) is 5.91. The molecule has 0 saturated carbocycles. The molecule has 4 rings (SSSR count). The monoisotopic (exact) mass is 520 g/mol. The zero-order valence-corrected chi connectivity index (χ0v) is 22.4. The van der Waals surface area contributed by atoms with Crippen LogP contribution in [-0.2, 0) is 32.6 Å². The standard InChI is InChI=1S/C28H32N4O4S/c1-5-32-24-14-13-22(18-25(24)30(4)26(33)28(2,3)27(32)34)20-31(17-15-21-10-9-16-29-19-21)37(35,36)23-11-7-6-8-12-23/h6-14,16,18-19H,5,15,17,20H2,1-4H3. The van der Waals surface area contributed by atoms with Gasteiger partial charge in [0.15, 0.2) is 0 Å². The summed E-state index contributed by atoms with van der Waals surface area (Å²) in [5.74, 6) is -0.569. The van der Waals surface area contributed by atoms with Crippen LogP contribution >= 0.6 is 0 Å². The molecular weight excluding hydrogens is 488 g/mol. The van der Waals surface area contributed by atoms with Crippen LogP contribution in [0, 0.1) is 5.41 Å². The summed E-state index contributed by atoms with van der Waals surface area (Å²) in [7, 11) is -2.14. The van der Waals surface area contributed by atoms with Crippen molar-refractivity contribution in [1.82, 2.24) is 9.29 Å². The van der Waals surface area contributed by atoms with E-state index in [0.717, 1.165) is 5.56 Å². The first-order chi connectivity index (χ1) is 17.6. The number of hydrogen-bond donors (Lipinski definition) is 0. The lowest BCUT2D eigenvalue weighted by Gasteiger charge is -2.27. The molecule has 1 aliphatic rings. The van der Waals surface area contributed by atoms with Crippen LogP contribution in [0.25, 0.3) is 0 Å². The van der Waals surface area contributed by atoms with Crippen molar-refractivity contribution in [2.24, 2.45) is 5.41 Å². The number of carbonyl (C=O) groups excluding carboxylic acids is 2. The number of amides is 2. The van der Waals surface area contributed by atoms with Crippen molar-refractivity contribution in [3.8, 4) is 0 Å². The van der Waals surface area contributed by atoms with Crippen LogP contribution in [0.2, 0.25) is 0 Å². The molecule has 1 aromatic heterocycles. The van der Waals surface area contributed by atoms with E-state index >= 15 is 0 Å². The number of sulfonamides is 1. The lowest BCUT2D eigenvalue weighted by molar-refractivity contribution is -0.137. The average Bonchev–Trinajstić information content (AvgIpc) is 2.96. The largest absolute Gasteiger partial charge is 0.313 e. The highest BCUT2D eigenvalue weighted by Crippen LogP contribution is 2.39. The predicted octanol–water partition coefficient (Wildman–Crippen LogP) is 3.87. The van der Waals surface area contributed by atoms with Crippen LogP contribution in [0.5, 0.6) is 0 Å². The van der Waals surface area contributed by atoms with Crippen molar-refractivity contribution in [2.75, 3.05) is 29.9 Å². The van der Waals surface area contributed by atoms with Gasteiger partial charge in [0, 0.05) is 39.1 Å². The van der Waals surface area contributed by atoms with Gasteiger partial charge in [-0.15, -0.1) is 0 Å². The van der Waals surface area contributed by atoms with Gasteiger partial charge in [0.05, 0.1) is 16.3 Å². The Morgan fingerprint density at radius 2 is 1.65 bits per heavy atom. The van der Waals surface area contributed by atoms with Gasteiger partial charge in [-0.1, -0.05) is 30.3 Å². The average molecular weight is 521 g/mol. The molecule has 37 heavy (non-hydrogen) atoms. The Balaban J connectivity index is 1.72. The van der Waals surface area contributed by atoms with Crippen molar-refractivity contribution >= 4 is 33.2 Å². The molecule has 9 heteroatoms. The van der Waals surface area contributed by atoms with Crippen LogP contribution in [0.3, 0.4) is 0 Å². The molecule has 0 unspecified atom stereocenters. The summed E-state index contributed by atoms with van der Waals surface area (Å²) in [6, 6.07) is 17.5. The Kier molecular flexibility index (Phi) is 7.47. The maximum absolute atomic E-state index is 13.6. The van der Waals surface area contributed by atoms with Gasteiger partial charge in [-0.05, 0) is 68.7 Å². The molecule has 3 aromatic rings. The zero-order valence-electron chi connectivity index (χ0n) is 21.6. The highest BCUT2D eigenvalue weighted by Gasteiger charge is 2.45. The molecule has 0 fully saturated rings. The van der Waals surface area contributed by atoms with Gasteiger partial charge in [0.25, 0.3) is 0 Å². The topological polar surface area (TPSA) is 90.9 Å². The first kappa shape index (κ1) is 26.5. The Morgan fingerprint density at radius 3 is 2.30 bits per heavy atom. The number of rotatable bonds is 8. The molecule has 0 atom stereocenters. The molecule has 0 radical (unpaired) electrons. The maximum atomic E-state index is 13.6. The number of fused-ring (bicyclic) bond motifs is 1. The second kappa shape index (κ2) is 10.4. The third-order valence-corrected chi connectivity index (χ3v) is 8.60. The Morgan fingerprint density at radius 1 is 0.919 bits per heavy atom. The number of nitrogens with zero attached hydrogens (tertiary/aromatic N) is 4. The van der Waals surface area contributed by atoms with Crippen LogP contribution in [0.15, 0.2) is 78.0 Å². The smallest absolute Gasteiger partial charge is 0.243 e. The number of pyridine rings is 1. The number of carbonyl (C=O) groups is 2. The van der Waals surface area contributed by atoms with Crippen LogP contribution in [0.1, 0.15) is 31.9 Å². The fraction of sp³-hybridized carbons (Fsp3) is 0.321. The highest BCUT2D eigenvalue weighted by molar-refractivity contribution is 7.89. The Labute approximate surface area is 218 Å². The van der Waals surface area contributed by atoms with Crippen molar-refractivity contribution in [2.45, 2.75) is 38.6 Å². The summed E-state index contributed by atoms with van der Waals surface area (Å²) in [6.07, 6.45) is 3.91. The van der Waals surface area contributed by atoms with E-state index < -0.39 is 15.4 Å². The van der Waals surface area contributed by atoms with Gasteiger partial charge in [0.2, 0.25) is 21.8 Å². The third-order valence-electron chi connectivity index (χ3n) is 6.74. The molecule has 2 heterocycles. The van der Waals surface area contributed by atoms with Crippen LogP contribution in [-0.4, -0.2) is 49.7 Å². The quantitative estimate of drug-likeness (QED) is 0.421. The van der Waals surface area contributed by atoms with Gasteiger partial charge in [-0.2, -0.15) is 4.31 Å². The summed E-state index contributed by atoms with van der Waals surface area (Å²) in [5.41, 5.74) is 1.64. The minimum atomic E-state index is -3.80. The fourth-order valence-electron chi connectivity index (χ4n) is 4.57. The first-order valence-corrected chi connectivity index (χ1v) is 13.7. The zero-order chi connectivity index (χ0) is 26.8. The van der Waals surface area contributed by atoms with Crippen molar-refractivity contribution < 1.29 is 18.0 Å². The van der Waals surface area contributed by atoms with E-state index in [4.69, 9.17) is 0 Å². The van der Waals surface area contributed by atoms with E-state index in [1.807, 2.05) is 31.2 Å². The minimum Gasteiger partial charge on any atom is -0.313 e. The van der Waals surface area contributed by atoms with Crippen LogP contribution in [0.4, 0.5) is 11.4 Å². The van der Waals surface area contributed by atoms with Gasteiger partial charge in [0.1, 0.15) is 5.41 Å². The van der Waals surface area contributed by atoms with Gasteiger partial charge < -0.3 is 9.80 Å².